The van der Waals surface area contributed by atoms with E-state index in [4.69, 9.17) is 6.42 Å². The molecule has 0 atom stereocenters. The van der Waals surface area contributed by atoms with E-state index in [9.17, 15) is 18.0 Å². The van der Waals surface area contributed by atoms with Gasteiger partial charge in [-0.15, -0.1) is 6.42 Å². The third kappa shape index (κ3) is 3.91. The Bertz CT molecular complexity index is 387. The summed E-state index contributed by atoms with van der Waals surface area (Å²) in [6.45, 7) is 0.941. The van der Waals surface area contributed by atoms with Gasteiger partial charge < -0.3 is 4.90 Å². The molecule has 2 aliphatic rings. The monoisotopic (exact) mass is 287 g/mol. The molecule has 2 fully saturated rings. The molecule has 0 unspecified atom stereocenters. The number of carbonyl (C=O) groups excluding carboxylic acids is 1. The summed E-state index contributed by atoms with van der Waals surface area (Å²) in [4.78, 5) is 14.0. The number of alkyl halides is 3. The van der Waals surface area contributed by atoms with Gasteiger partial charge in [0.05, 0.1) is 12.5 Å². The SMILES string of the molecule is C#CCN(CC1CC1)C(=O)C1CCC(C(F)(F)F)CC1. The van der Waals surface area contributed by atoms with Crippen molar-refractivity contribution in [3.63, 3.8) is 0 Å². The van der Waals surface area contributed by atoms with Crippen molar-refractivity contribution in [2.75, 3.05) is 13.1 Å². The van der Waals surface area contributed by atoms with Gasteiger partial charge in [0.2, 0.25) is 5.91 Å². The Hall–Kier alpha value is -1.18. The Morgan fingerprint density at radius 3 is 2.20 bits per heavy atom. The second-order valence-electron chi connectivity index (χ2n) is 5.96. The highest BCUT2D eigenvalue weighted by Crippen LogP contribution is 2.40. The van der Waals surface area contributed by atoms with E-state index in [0.29, 0.717) is 25.3 Å². The fraction of sp³-hybridized carbons (Fsp3) is 0.800. The lowest BCUT2D eigenvalue weighted by Gasteiger charge is -2.32. The standard InChI is InChI=1S/C15H20F3NO/c1-2-9-19(10-11-3-4-11)14(20)12-5-7-13(8-6-12)15(16,17)18/h1,11-13H,3-10H2. The molecule has 5 heteroatoms. The highest BCUT2D eigenvalue weighted by molar-refractivity contribution is 5.79. The zero-order valence-electron chi connectivity index (χ0n) is 11.5. The van der Waals surface area contributed by atoms with E-state index in [1.54, 1.807) is 4.90 Å². The molecule has 0 radical (unpaired) electrons. The molecule has 0 bridgehead atoms. The predicted octanol–water partition coefficient (Wildman–Crippen LogP) is 3.23. The predicted molar refractivity (Wildman–Crippen MR) is 69.6 cm³/mol. The minimum Gasteiger partial charge on any atom is -0.331 e. The normalized spacial score (nSPS) is 26.9. The first kappa shape index (κ1) is 15.2. The Labute approximate surface area is 117 Å². The van der Waals surface area contributed by atoms with E-state index < -0.39 is 12.1 Å². The van der Waals surface area contributed by atoms with Gasteiger partial charge in [0.25, 0.3) is 0 Å². The Balaban J connectivity index is 1.87. The molecule has 0 spiro atoms. The second kappa shape index (κ2) is 6.07. The van der Waals surface area contributed by atoms with Gasteiger partial charge in [-0.3, -0.25) is 4.79 Å². The maximum absolute atomic E-state index is 12.6. The van der Waals surface area contributed by atoms with Crippen molar-refractivity contribution in [3.8, 4) is 12.3 Å². The van der Waals surface area contributed by atoms with E-state index in [0.717, 1.165) is 12.8 Å². The van der Waals surface area contributed by atoms with Crippen molar-refractivity contribution in [2.24, 2.45) is 17.8 Å². The van der Waals surface area contributed by atoms with Crippen LogP contribution in [0.2, 0.25) is 0 Å². The summed E-state index contributed by atoms with van der Waals surface area (Å²) in [5, 5.41) is 0. The molecule has 0 saturated heterocycles. The van der Waals surface area contributed by atoms with Crippen LogP contribution in [0, 0.1) is 30.1 Å². The molecular formula is C15H20F3NO. The van der Waals surface area contributed by atoms with Crippen LogP contribution in [-0.2, 0) is 4.79 Å². The highest BCUT2D eigenvalue weighted by Gasteiger charge is 2.43. The minimum absolute atomic E-state index is 0.0459. The van der Waals surface area contributed by atoms with Crippen LogP contribution >= 0.6 is 0 Å². The third-order valence-electron chi connectivity index (χ3n) is 4.31. The summed E-state index contributed by atoms with van der Waals surface area (Å²) in [7, 11) is 0. The summed E-state index contributed by atoms with van der Waals surface area (Å²) in [5.74, 6) is 1.46. The largest absolute Gasteiger partial charge is 0.391 e. The first-order valence-corrected chi connectivity index (χ1v) is 7.20. The Kier molecular flexibility index (Phi) is 4.62. The van der Waals surface area contributed by atoms with Crippen LogP contribution in [-0.4, -0.2) is 30.1 Å². The van der Waals surface area contributed by atoms with Crippen LogP contribution < -0.4 is 0 Å². The van der Waals surface area contributed by atoms with Gasteiger partial charge in [0, 0.05) is 12.5 Å². The van der Waals surface area contributed by atoms with Crippen molar-refractivity contribution in [2.45, 2.75) is 44.7 Å². The lowest BCUT2D eigenvalue weighted by molar-refractivity contribution is -0.185. The first-order valence-electron chi connectivity index (χ1n) is 7.20. The first-order chi connectivity index (χ1) is 9.41. The summed E-state index contributed by atoms with van der Waals surface area (Å²) < 4.78 is 37.8. The van der Waals surface area contributed by atoms with Crippen molar-refractivity contribution in [3.05, 3.63) is 0 Å². The van der Waals surface area contributed by atoms with Gasteiger partial charge in [0.15, 0.2) is 0 Å². The molecule has 2 saturated carbocycles. The maximum Gasteiger partial charge on any atom is 0.391 e. The number of halogens is 3. The fourth-order valence-electron chi connectivity index (χ4n) is 2.88. The van der Waals surface area contributed by atoms with E-state index in [2.05, 4.69) is 5.92 Å². The molecule has 0 aliphatic heterocycles. The number of terminal acetylenes is 1. The molecule has 112 valence electrons. The summed E-state index contributed by atoms with van der Waals surface area (Å²) in [6.07, 6.45) is 4.18. The van der Waals surface area contributed by atoms with Crippen molar-refractivity contribution < 1.29 is 18.0 Å². The van der Waals surface area contributed by atoms with Gasteiger partial charge >= 0.3 is 6.18 Å². The number of carbonyl (C=O) groups is 1. The van der Waals surface area contributed by atoms with Crippen LogP contribution in [0.3, 0.4) is 0 Å². The number of rotatable bonds is 4. The second-order valence-corrected chi connectivity index (χ2v) is 5.96. The summed E-state index contributed by atoms with van der Waals surface area (Å²) in [6, 6.07) is 0. The van der Waals surface area contributed by atoms with Gasteiger partial charge in [0.1, 0.15) is 0 Å². The molecular weight excluding hydrogens is 267 g/mol. The quantitative estimate of drug-likeness (QED) is 0.727. The molecule has 2 aliphatic carbocycles. The third-order valence-corrected chi connectivity index (χ3v) is 4.31. The molecule has 0 N–H and O–H groups in total. The molecule has 20 heavy (non-hydrogen) atoms. The molecule has 0 aromatic rings. The van der Waals surface area contributed by atoms with Gasteiger partial charge in [-0.2, -0.15) is 13.2 Å². The Morgan fingerprint density at radius 1 is 1.15 bits per heavy atom. The van der Waals surface area contributed by atoms with Crippen LogP contribution in [0.25, 0.3) is 0 Å². The van der Waals surface area contributed by atoms with Crippen LogP contribution in [0.1, 0.15) is 38.5 Å². The highest BCUT2D eigenvalue weighted by atomic mass is 19.4. The molecule has 0 aromatic heterocycles. The van der Waals surface area contributed by atoms with E-state index in [1.807, 2.05) is 0 Å². The van der Waals surface area contributed by atoms with Crippen LogP contribution in [0.15, 0.2) is 0 Å². The smallest absolute Gasteiger partial charge is 0.331 e. The molecule has 1 amide bonds. The number of hydrogen-bond acceptors (Lipinski definition) is 1. The van der Waals surface area contributed by atoms with Gasteiger partial charge in [-0.1, -0.05) is 5.92 Å². The van der Waals surface area contributed by atoms with E-state index in [1.165, 1.54) is 0 Å². The number of amides is 1. The Morgan fingerprint density at radius 2 is 1.75 bits per heavy atom. The van der Waals surface area contributed by atoms with E-state index in [-0.39, 0.29) is 31.2 Å². The zero-order valence-corrected chi connectivity index (χ0v) is 11.5. The maximum atomic E-state index is 12.6. The topological polar surface area (TPSA) is 20.3 Å². The number of nitrogens with zero attached hydrogens (tertiary/aromatic N) is 1. The van der Waals surface area contributed by atoms with E-state index >= 15 is 0 Å². The average molecular weight is 287 g/mol. The van der Waals surface area contributed by atoms with Gasteiger partial charge in [-0.05, 0) is 44.4 Å². The molecule has 2 nitrogen and oxygen atoms in total. The van der Waals surface area contributed by atoms with Crippen molar-refractivity contribution >= 4 is 5.91 Å². The lowest BCUT2D eigenvalue weighted by atomic mass is 9.81. The zero-order chi connectivity index (χ0) is 14.8. The van der Waals surface area contributed by atoms with Crippen LogP contribution in [0.4, 0.5) is 13.2 Å². The minimum atomic E-state index is -4.12. The summed E-state index contributed by atoms with van der Waals surface area (Å²) in [5.41, 5.74) is 0. The van der Waals surface area contributed by atoms with Gasteiger partial charge in [-0.25, -0.2) is 0 Å². The van der Waals surface area contributed by atoms with Crippen molar-refractivity contribution in [1.29, 1.82) is 0 Å². The van der Waals surface area contributed by atoms with Crippen LogP contribution in [0.5, 0.6) is 0 Å². The molecule has 0 aromatic carbocycles. The average Bonchev–Trinajstić information content (AvgIpc) is 3.20. The van der Waals surface area contributed by atoms with Crippen molar-refractivity contribution in [1.82, 2.24) is 4.90 Å². The fourth-order valence-corrected chi connectivity index (χ4v) is 2.88. The summed E-state index contributed by atoms with van der Waals surface area (Å²) >= 11 is 0. The lowest BCUT2D eigenvalue weighted by Crippen LogP contribution is -2.40. The molecule has 2 rings (SSSR count). The number of hydrogen-bond donors (Lipinski definition) is 0. The molecule has 0 heterocycles.